The summed E-state index contributed by atoms with van der Waals surface area (Å²) in [6, 6.07) is 9.54. The predicted molar refractivity (Wildman–Crippen MR) is 102 cm³/mol. The van der Waals surface area contributed by atoms with Crippen molar-refractivity contribution < 1.29 is 4.74 Å². The minimum Gasteiger partial charge on any atom is -0.363 e. The average molecular weight is 338 g/mol. The highest BCUT2D eigenvalue weighted by molar-refractivity contribution is 5.85. The SMILES string of the molecule is CCCOC1[C@@H]2C[C@H](CC)[C@H]3[C@@H](C2)c2[nH]c4ccccc4c2CCN13. The summed E-state index contributed by atoms with van der Waals surface area (Å²) in [5, 5.41) is 1.45. The van der Waals surface area contributed by atoms with Crippen LogP contribution in [0.25, 0.3) is 10.9 Å². The molecule has 2 aromatic rings. The standard InChI is InChI=1S/C22H30N2O/c1-3-11-25-22-15-12-14(4-2)21-18(13-15)20-17(9-10-24(21)22)16-7-5-6-8-19(16)23-20/h5-8,14-15,18,21-23H,3-4,9-13H2,1-2H3/t14-,15+,18-,21-,22?/m0/s1. The van der Waals surface area contributed by atoms with Gasteiger partial charge in [0.15, 0.2) is 0 Å². The number of fused-ring (bicyclic) bond motifs is 4. The molecular weight excluding hydrogens is 308 g/mol. The van der Waals surface area contributed by atoms with Gasteiger partial charge in [-0.1, -0.05) is 38.5 Å². The molecule has 1 aromatic carbocycles. The molecule has 1 N–H and O–H groups in total. The Kier molecular flexibility index (Phi) is 3.90. The van der Waals surface area contributed by atoms with Crippen LogP contribution in [0.3, 0.4) is 0 Å². The number of rotatable bonds is 4. The highest BCUT2D eigenvalue weighted by Gasteiger charge is 2.53. The van der Waals surface area contributed by atoms with E-state index in [0.29, 0.717) is 24.1 Å². The van der Waals surface area contributed by atoms with E-state index in [1.807, 2.05) is 0 Å². The van der Waals surface area contributed by atoms with Gasteiger partial charge in [-0.05, 0) is 49.1 Å². The number of H-pyrrole nitrogens is 1. The third-order valence-electron chi connectivity index (χ3n) is 7.03. The Morgan fingerprint density at radius 2 is 2.08 bits per heavy atom. The van der Waals surface area contributed by atoms with Crippen LogP contribution in [0.4, 0.5) is 0 Å². The van der Waals surface area contributed by atoms with Crippen LogP contribution in [0.2, 0.25) is 0 Å². The molecule has 3 nitrogen and oxygen atoms in total. The van der Waals surface area contributed by atoms with E-state index in [1.165, 1.54) is 30.2 Å². The van der Waals surface area contributed by atoms with Crippen molar-refractivity contribution in [3.05, 3.63) is 35.5 Å². The molecule has 1 aromatic heterocycles. The van der Waals surface area contributed by atoms with Crippen LogP contribution in [0.1, 0.15) is 56.7 Å². The maximum Gasteiger partial charge on any atom is 0.113 e. The summed E-state index contributed by atoms with van der Waals surface area (Å²) in [5.74, 6) is 2.18. The molecule has 3 aliphatic heterocycles. The molecule has 6 rings (SSSR count). The Labute approximate surface area is 150 Å². The number of nitrogens with one attached hydrogen (secondary N) is 1. The summed E-state index contributed by atoms with van der Waals surface area (Å²) in [7, 11) is 0. The van der Waals surface area contributed by atoms with Crippen LogP contribution in [-0.4, -0.2) is 35.3 Å². The van der Waals surface area contributed by atoms with E-state index >= 15 is 0 Å². The van der Waals surface area contributed by atoms with Gasteiger partial charge < -0.3 is 9.72 Å². The van der Waals surface area contributed by atoms with Gasteiger partial charge in [0.1, 0.15) is 6.23 Å². The van der Waals surface area contributed by atoms with E-state index in [4.69, 9.17) is 4.74 Å². The van der Waals surface area contributed by atoms with E-state index < -0.39 is 0 Å². The van der Waals surface area contributed by atoms with Crippen LogP contribution in [0.15, 0.2) is 24.3 Å². The van der Waals surface area contributed by atoms with Crippen molar-refractivity contribution in [1.82, 2.24) is 9.88 Å². The van der Waals surface area contributed by atoms with Gasteiger partial charge in [0, 0.05) is 41.7 Å². The molecule has 2 unspecified atom stereocenters. The number of para-hydroxylation sites is 1. The molecule has 0 spiro atoms. The third-order valence-corrected chi connectivity index (χ3v) is 7.03. The summed E-state index contributed by atoms with van der Waals surface area (Å²) in [6.45, 7) is 6.65. The van der Waals surface area contributed by atoms with Crippen molar-refractivity contribution in [2.24, 2.45) is 11.8 Å². The van der Waals surface area contributed by atoms with Crippen LogP contribution >= 0.6 is 0 Å². The molecule has 6 atom stereocenters. The van der Waals surface area contributed by atoms with Crippen molar-refractivity contribution >= 4 is 10.9 Å². The monoisotopic (exact) mass is 338 g/mol. The van der Waals surface area contributed by atoms with Crippen molar-refractivity contribution in [2.45, 2.75) is 64.1 Å². The van der Waals surface area contributed by atoms with Crippen LogP contribution < -0.4 is 0 Å². The molecule has 4 aliphatic rings. The Morgan fingerprint density at radius 1 is 1.20 bits per heavy atom. The topological polar surface area (TPSA) is 28.3 Å². The van der Waals surface area contributed by atoms with Gasteiger partial charge in [0.05, 0.1) is 0 Å². The number of nitrogens with zero attached hydrogens (tertiary/aromatic N) is 1. The molecule has 4 heterocycles. The van der Waals surface area contributed by atoms with Gasteiger partial charge >= 0.3 is 0 Å². The number of piperidine rings is 2. The molecule has 1 saturated carbocycles. The van der Waals surface area contributed by atoms with Gasteiger partial charge in [-0.15, -0.1) is 0 Å². The van der Waals surface area contributed by atoms with Gasteiger partial charge in [-0.25, -0.2) is 0 Å². The van der Waals surface area contributed by atoms with Crippen molar-refractivity contribution in [3.8, 4) is 0 Å². The van der Waals surface area contributed by atoms with Crippen LogP contribution in [-0.2, 0) is 11.2 Å². The zero-order chi connectivity index (χ0) is 17.0. The fourth-order valence-electron chi connectivity index (χ4n) is 6.08. The first-order valence-electron chi connectivity index (χ1n) is 10.3. The molecule has 4 bridgehead atoms. The molecular formula is C22H30N2O. The van der Waals surface area contributed by atoms with Crippen molar-refractivity contribution in [1.29, 1.82) is 0 Å². The molecule has 1 aliphatic carbocycles. The first kappa shape index (κ1) is 15.9. The maximum atomic E-state index is 6.38. The summed E-state index contributed by atoms with van der Waals surface area (Å²) in [5.41, 5.74) is 4.46. The smallest absolute Gasteiger partial charge is 0.113 e. The number of ether oxygens (including phenoxy) is 1. The van der Waals surface area contributed by atoms with Gasteiger partial charge in [0.25, 0.3) is 0 Å². The Bertz CT molecular complexity index is 766. The minimum atomic E-state index is 0.360. The van der Waals surface area contributed by atoms with Crippen LogP contribution in [0.5, 0.6) is 0 Å². The molecule has 0 radical (unpaired) electrons. The lowest BCUT2D eigenvalue weighted by atomic mass is 9.64. The van der Waals surface area contributed by atoms with Crippen molar-refractivity contribution in [3.63, 3.8) is 0 Å². The van der Waals surface area contributed by atoms with E-state index in [9.17, 15) is 0 Å². The second-order valence-electron chi connectivity index (χ2n) is 8.31. The lowest BCUT2D eigenvalue weighted by molar-refractivity contribution is -0.184. The van der Waals surface area contributed by atoms with Gasteiger partial charge in [-0.2, -0.15) is 0 Å². The zero-order valence-electron chi connectivity index (χ0n) is 15.5. The largest absolute Gasteiger partial charge is 0.363 e. The van der Waals surface area contributed by atoms with Gasteiger partial charge in [-0.3, -0.25) is 4.90 Å². The van der Waals surface area contributed by atoms with Gasteiger partial charge in [0.2, 0.25) is 0 Å². The number of hydrogen-bond acceptors (Lipinski definition) is 2. The third kappa shape index (κ3) is 2.32. The highest BCUT2D eigenvalue weighted by Crippen LogP contribution is 2.53. The second kappa shape index (κ2) is 6.14. The van der Waals surface area contributed by atoms with E-state index in [1.54, 1.807) is 11.3 Å². The Morgan fingerprint density at radius 3 is 2.92 bits per heavy atom. The number of hydrogen-bond donors (Lipinski definition) is 1. The Hall–Kier alpha value is -1.32. The number of aromatic nitrogens is 1. The fraction of sp³-hybridized carbons (Fsp3) is 0.636. The Balaban J connectivity index is 1.58. The normalized spacial score (nSPS) is 36.4. The quantitative estimate of drug-likeness (QED) is 0.876. The molecule has 3 heteroatoms. The lowest BCUT2D eigenvalue weighted by Crippen LogP contribution is -2.62. The first-order valence-corrected chi connectivity index (χ1v) is 10.3. The van der Waals surface area contributed by atoms with Crippen molar-refractivity contribution in [2.75, 3.05) is 13.2 Å². The first-order chi connectivity index (χ1) is 12.3. The highest BCUT2D eigenvalue weighted by atomic mass is 16.5. The fourth-order valence-corrected chi connectivity index (χ4v) is 6.08. The molecule has 134 valence electrons. The lowest BCUT2D eigenvalue weighted by Gasteiger charge is -2.57. The number of benzene rings is 1. The van der Waals surface area contributed by atoms with Crippen LogP contribution in [0, 0.1) is 11.8 Å². The maximum absolute atomic E-state index is 6.38. The molecule has 0 amide bonds. The number of aromatic amines is 1. The summed E-state index contributed by atoms with van der Waals surface area (Å²) in [6.07, 6.45) is 6.58. The van der Waals surface area contributed by atoms with E-state index in [0.717, 1.165) is 31.9 Å². The summed E-state index contributed by atoms with van der Waals surface area (Å²) >= 11 is 0. The van der Waals surface area contributed by atoms with E-state index in [-0.39, 0.29) is 0 Å². The zero-order valence-corrected chi connectivity index (χ0v) is 15.5. The van der Waals surface area contributed by atoms with E-state index in [2.05, 4.69) is 48.0 Å². The molecule has 3 fully saturated rings. The summed E-state index contributed by atoms with van der Waals surface area (Å²) in [4.78, 5) is 6.59. The molecule has 2 saturated heterocycles. The second-order valence-corrected chi connectivity index (χ2v) is 8.31. The molecule has 25 heavy (non-hydrogen) atoms. The predicted octanol–water partition coefficient (Wildman–Crippen LogP) is 4.68. The minimum absolute atomic E-state index is 0.360. The summed E-state index contributed by atoms with van der Waals surface area (Å²) < 4.78 is 6.38. The average Bonchev–Trinajstić information content (AvgIpc) is 2.97.